The maximum Gasteiger partial charge on any atom is 0.237 e. The standard InChI is InChI=1S/C15H29N3O/c1-3-16-12(2)13-7-10-18(11-8-13)14-6-4-5-9-17-15(14)19/h12-14,16H,3-11H2,1-2H3,(H,17,19). The van der Waals surface area contributed by atoms with E-state index in [-0.39, 0.29) is 11.9 Å². The highest BCUT2D eigenvalue weighted by atomic mass is 16.2. The molecule has 0 aromatic rings. The maximum absolute atomic E-state index is 12.1. The maximum atomic E-state index is 12.1. The van der Waals surface area contributed by atoms with E-state index in [0.717, 1.165) is 44.9 Å². The monoisotopic (exact) mass is 267 g/mol. The van der Waals surface area contributed by atoms with Gasteiger partial charge in [-0.3, -0.25) is 9.69 Å². The third-order valence-electron chi connectivity index (χ3n) is 4.75. The van der Waals surface area contributed by atoms with E-state index in [4.69, 9.17) is 0 Å². The first-order valence-electron chi connectivity index (χ1n) is 7.97. The van der Waals surface area contributed by atoms with Crippen LogP contribution in [0.2, 0.25) is 0 Å². The van der Waals surface area contributed by atoms with Crippen molar-refractivity contribution in [2.75, 3.05) is 26.2 Å². The molecular weight excluding hydrogens is 238 g/mol. The molecule has 4 nitrogen and oxygen atoms in total. The van der Waals surface area contributed by atoms with Gasteiger partial charge in [0.05, 0.1) is 6.04 Å². The number of hydrogen-bond donors (Lipinski definition) is 2. The van der Waals surface area contributed by atoms with E-state index < -0.39 is 0 Å². The van der Waals surface area contributed by atoms with E-state index in [1.807, 2.05) is 0 Å². The molecule has 0 aromatic carbocycles. The highest BCUT2D eigenvalue weighted by Crippen LogP contribution is 2.24. The van der Waals surface area contributed by atoms with Crippen LogP contribution >= 0.6 is 0 Å². The SMILES string of the molecule is CCNC(C)C1CCN(C2CCCCNC2=O)CC1. The van der Waals surface area contributed by atoms with Gasteiger partial charge >= 0.3 is 0 Å². The molecule has 0 spiro atoms. The Kier molecular flexibility index (Phi) is 5.64. The second-order valence-corrected chi connectivity index (χ2v) is 6.02. The Morgan fingerprint density at radius 3 is 2.74 bits per heavy atom. The summed E-state index contributed by atoms with van der Waals surface area (Å²) in [6, 6.07) is 0.744. The fourth-order valence-corrected chi connectivity index (χ4v) is 3.49. The summed E-state index contributed by atoms with van der Waals surface area (Å²) in [5.74, 6) is 1.03. The van der Waals surface area contributed by atoms with Gasteiger partial charge in [0.15, 0.2) is 0 Å². The van der Waals surface area contributed by atoms with Crippen molar-refractivity contribution in [3.63, 3.8) is 0 Å². The van der Waals surface area contributed by atoms with Gasteiger partial charge in [0.1, 0.15) is 0 Å². The minimum Gasteiger partial charge on any atom is -0.355 e. The minimum atomic E-state index is 0.137. The van der Waals surface area contributed by atoms with Crippen LogP contribution in [0.5, 0.6) is 0 Å². The van der Waals surface area contributed by atoms with Crippen molar-refractivity contribution in [2.45, 2.75) is 58.0 Å². The lowest BCUT2D eigenvalue weighted by atomic mass is 9.89. The molecule has 2 unspecified atom stereocenters. The third kappa shape index (κ3) is 3.93. The Morgan fingerprint density at radius 1 is 1.32 bits per heavy atom. The number of likely N-dealkylation sites (tertiary alicyclic amines) is 1. The van der Waals surface area contributed by atoms with Crippen LogP contribution in [0.4, 0.5) is 0 Å². The molecule has 0 radical (unpaired) electrons. The van der Waals surface area contributed by atoms with E-state index in [2.05, 4.69) is 29.4 Å². The van der Waals surface area contributed by atoms with E-state index in [1.165, 1.54) is 19.3 Å². The fraction of sp³-hybridized carbons (Fsp3) is 0.933. The summed E-state index contributed by atoms with van der Waals surface area (Å²) in [5.41, 5.74) is 0. The number of carbonyl (C=O) groups is 1. The first kappa shape index (κ1) is 14.8. The number of nitrogens with one attached hydrogen (secondary N) is 2. The second kappa shape index (κ2) is 7.25. The summed E-state index contributed by atoms with van der Waals surface area (Å²) in [4.78, 5) is 14.5. The van der Waals surface area contributed by atoms with Crippen molar-refractivity contribution in [1.29, 1.82) is 0 Å². The van der Waals surface area contributed by atoms with E-state index in [9.17, 15) is 4.79 Å². The lowest BCUT2D eigenvalue weighted by Gasteiger charge is -2.38. The van der Waals surface area contributed by atoms with Gasteiger partial charge in [0.2, 0.25) is 5.91 Å². The average molecular weight is 267 g/mol. The van der Waals surface area contributed by atoms with Crippen LogP contribution in [-0.4, -0.2) is 49.1 Å². The molecule has 2 fully saturated rings. The molecule has 2 N–H and O–H groups in total. The van der Waals surface area contributed by atoms with Gasteiger partial charge in [-0.25, -0.2) is 0 Å². The molecule has 2 atom stereocenters. The third-order valence-corrected chi connectivity index (χ3v) is 4.75. The summed E-state index contributed by atoms with van der Waals surface area (Å²) in [6.45, 7) is 8.54. The molecule has 1 amide bonds. The van der Waals surface area contributed by atoms with Crippen LogP contribution in [0.3, 0.4) is 0 Å². The number of amides is 1. The number of piperidine rings is 1. The molecule has 2 heterocycles. The summed E-state index contributed by atoms with van der Waals surface area (Å²) < 4.78 is 0. The van der Waals surface area contributed by atoms with E-state index in [0.29, 0.717) is 6.04 Å². The van der Waals surface area contributed by atoms with Crippen molar-refractivity contribution in [3.05, 3.63) is 0 Å². The van der Waals surface area contributed by atoms with E-state index >= 15 is 0 Å². The van der Waals surface area contributed by atoms with Crippen molar-refractivity contribution in [2.24, 2.45) is 5.92 Å². The summed E-state index contributed by atoms with van der Waals surface area (Å²) in [6.07, 6.45) is 5.79. The summed E-state index contributed by atoms with van der Waals surface area (Å²) >= 11 is 0. The zero-order chi connectivity index (χ0) is 13.7. The first-order valence-corrected chi connectivity index (χ1v) is 7.97. The number of rotatable bonds is 4. The molecule has 2 aliphatic heterocycles. The number of carbonyl (C=O) groups excluding carboxylic acids is 1. The predicted octanol–water partition coefficient (Wildman–Crippen LogP) is 1.37. The van der Waals surface area contributed by atoms with Crippen LogP contribution in [0.15, 0.2) is 0 Å². The van der Waals surface area contributed by atoms with Gasteiger partial charge < -0.3 is 10.6 Å². The fourth-order valence-electron chi connectivity index (χ4n) is 3.49. The van der Waals surface area contributed by atoms with Gasteiger partial charge in [-0.1, -0.05) is 6.92 Å². The molecule has 4 heteroatoms. The molecule has 19 heavy (non-hydrogen) atoms. The normalized spacial score (nSPS) is 28.7. The Labute approximate surface area is 117 Å². The molecule has 2 aliphatic rings. The molecule has 2 saturated heterocycles. The first-order chi connectivity index (χ1) is 9.22. The topological polar surface area (TPSA) is 44.4 Å². The Bertz CT molecular complexity index is 287. The van der Waals surface area contributed by atoms with Crippen LogP contribution in [0.1, 0.15) is 46.0 Å². The molecule has 0 aromatic heterocycles. The zero-order valence-corrected chi connectivity index (χ0v) is 12.5. The predicted molar refractivity (Wildman–Crippen MR) is 78.1 cm³/mol. The van der Waals surface area contributed by atoms with Crippen molar-refractivity contribution in [3.8, 4) is 0 Å². The van der Waals surface area contributed by atoms with Gasteiger partial charge in [-0.15, -0.1) is 0 Å². The number of nitrogens with zero attached hydrogens (tertiary/aromatic N) is 1. The minimum absolute atomic E-state index is 0.137. The Hall–Kier alpha value is -0.610. The average Bonchev–Trinajstić information content (AvgIpc) is 2.64. The quantitative estimate of drug-likeness (QED) is 0.808. The van der Waals surface area contributed by atoms with Crippen LogP contribution in [0.25, 0.3) is 0 Å². The molecule has 0 aliphatic carbocycles. The van der Waals surface area contributed by atoms with Gasteiger partial charge in [0, 0.05) is 12.6 Å². The summed E-state index contributed by atoms with van der Waals surface area (Å²) in [7, 11) is 0. The Morgan fingerprint density at radius 2 is 2.05 bits per heavy atom. The smallest absolute Gasteiger partial charge is 0.237 e. The molecule has 0 bridgehead atoms. The number of hydrogen-bond acceptors (Lipinski definition) is 3. The zero-order valence-electron chi connectivity index (χ0n) is 12.5. The van der Waals surface area contributed by atoms with Crippen molar-refractivity contribution < 1.29 is 4.79 Å². The molecular formula is C15H29N3O. The molecule has 2 rings (SSSR count). The van der Waals surface area contributed by atoms with Crippen LogP contribution in [0, 0.1) is 5.92 Å². The highest BCUT2D eigenvalue weighted by molar-refractivity contribution is 5.81. The van der Waals surface area contributed by atoms with Gasteiger partial charge in [-0.2, -0.15) is 0 Å². The van der Waals surface area contributed by atoms with Crippen molar-refractivity contribution >= 4 is 5.91 Å². The lowest BCUT2D eigenvalue weighted by molar-refractivity contribution is -0.126. The Balaban J connectivity index is 1.83. The molecule has 110 valence electrons. The summed E-state index contributed by atoms with van der Waals surface area (Å²) in [5, 5.41) is 6.58. The van der Waals surface area contributed by atoms with Gasteiger partial charge in [0.25, 0.3) is 0 Å². The second-order valence-electron chi connectivity index (χ2n) is 6.02. The van der Waals surface area contributed by atoms with E-state index in [1.54, 1.807) is 0 Å². The van der Waals surface area contributed by atoms with Crippen molar-refractivity contribution in [1.82, 2.24) is 15.5 Å². The van der Waals surface area contributed by atoms with Crippen LogP contribution in [-0.2, 0) is 4.79 Å². The highest BCUT2D eigenvalue weighted by Gasteiger charge is 2.31. The lowest BCUT2D eigenvalue weighted by Crippen LogP contribution is -2.50. The van der Waals surface area contributed by atoms with Crippen LogP contribution < -0.4 is 10.6 Å². The largest absolute Gasteiger partial charge is 0.355 e. The van der Waals surface area contributed by atoms with Gasteiger partial charge in [-0.05, 0) is 64.6 Å². The molecule has 0 saturated carbocycles.